The van der Waals surface area contributed by atoms with Crippen molar-refractivity contribution in [2.45, 2.75) is 6.43 Å². The Bertz CT molecular complexity index is 961. The third-order valence-corrected chi connectivity index (χ3v) is 4.15. The van der Waals surface area contributed by atoms with Crippen molar-refractivity contribution in [3.05, 3.63) is 52.5 Å². The summed E-state index contributed by atoms with van der Waals surface area (Å²) in [5.41, 5.74) is -0.864. The SMILES string of the molecule is Cn1cc(-c2nc(C(=O)Nc3cc(F)c(F)c(F)c3)cs2)c(C(F)F)n1. The van der Waals surface area contributed by atoms with Crippen LogP contribution < -0.4 is 5.32 Å². The summed E-state index contributed by atoms with van der Waals surface area (Å²) in [5, 5.41) is 7.24. The van der Waals surface area contributed by atoms with Gasteiger partial charge < -0.3 is 5.32 Å². The minimum absolute atomic E-state index is 0.0745. The molecule has 26 heavy (non-hydrogen) atoms. The zero-order valence-corrected chi connectivity index (χ0v) is 13.8. The van der Waals surface area contributed by atoms with Gasteiger partial charge >= 0.3 is 0 Å². The number of benzene rings is 1. The molecule has 0 aliphatic heterocycles. The number of halogens is 5. The quantitative estimate of drug-likeness (QED) is 0.540. The van der Waals surface area contributed by atoms with Crippen LogP contribution in [0, 0.1) is 17.5 Å². The number of hydrogen-bond donors (Lipinski definition) is 1. The van der Waals surface area contributed by atoms with Crippen LogP contribution in [0.5, 0.6) is 0 Å². The maximum Gasteiger partial charge on any atom is 0.282 e. The molecule has 2 aromatic heterocycles. The van der Waals surface area contributed by atoms with E-state index in [2.05, 4.69) is 15.4 Å². The zero-order valence-electron chi connectivity index (χ0n) is 12.9. The number of carbonyl (C=O) groups is 1. The third-order valence-electron chi connectivity index (χ3n) is 3.27. The Morgan fingerprint density at radius 2 is 1.88 bits per heavy atom. The lowest BCUT2D eigenvalue weighted by atomic mass is 10.2. The van der Waals surface area contributed by atoms with Crippen LogP contribution in [0.4, 0.5) is 27.6 Å². The van der Waals surface area contributed by atoms with E-state index in [-0.39, 0.29) is 22.0 Å². The van der Waals surface area contributed by atoms with E-state index in [0.29, 0.717) is 12.1 Å². The predicted octanol–water partition coefficient (Wildman–Crippen LogP) is 4.15. The average Bonchev–Trinajstić information content (AvgIpc) is 3.19. The lowest BCUT2D eigenvalue weighted by molar-refractivity contribution is 0.102. The minimum Gasteiger partial charge on any atom is -0.320 e. The first-order valence-corrected chi connectivity index (χ1v) is 7.87. The molecule has 1 aromatic carbocycles. The van der Waals surface area contributed by atoms with Gasteiger partial charge in [0.2, 0.25) is 0 Å². The molecular formula is C15H9F5N4OS. The molecule has 3 aromatic rings. The van der Waals surface area contributed by atoms with Gasteiger partial charge in [0, 0.05) is 36.4 Å². The normalized spacial score (nSPS) is 11.2. The summed E-state index contributed by atoms with van der Waals surface area (Å²) in [5.74, 6) is -5.41. The number of thiazole rings is 1. The van der Waals surface area contributed by atoms with Gasteiger partial charge in [-0.3, -0.25) is 9.48 Å². The largest absolute Gasteiger partial charge is 0.320 e. The number of nitrogens with one attached hydrogen (secondary N) is 1. The zero-order chi connectivity index (χ0) is 19.0. The number of hydrogen-bond acceptors (Lipinski definition) is 4. The average molecular weight is 388 g/mol. The van der Waals surface area contributed by atoms with Crippen LogP contribution >= 0.6 is 11.3 Å². The van der Waals surface area contributed by atoms with Crippen LogP contribution in [0.2, 0.25) is 0 Å². The van der Waals surface area contributed by atoms with E-state index in [1.165, 1.54) is 23.3 Å². The van der Waals surface area contributed by atoms with Crippen molar-refractivity contribution in [3.63, 3.8) is 0 Å². The molecule has 0 saturated carbocycles. The summed E-state index contributed by atoms with van der Waals surface area (Å²) in [6.07, 6.45) is -1.48. The molecule has 0 bridgehead atoms. The highest BCUT2D eigenvalue weighted by molar-refractivity contribution is 7.13. The fraction of sp³-hybridized carbons (Fsp3) is 0.133. The van der Waals surface area contributed by atoms with Gasteiger partial charge in [-0.2, -0.15) is 5.10 Å². The van der Waals surface area contributed by atoms with E-state index in [0.717, 1.165) is 11.3 Å². The third kappa shape index (κ3) is 3.43. The Hall–Kier alpha value is -2.82. The smallest absolute Gasteiger partial charge is 0.282 e. The molecule has 0 aliphatic carbocycles. The molecule has 136 valence electrons. The highest BCUT2D eigenvalue weighted by Gasteiger charge is 2.22. The molecule has 3 rings (SSSR count). The second kappa shape index (κ2) is 6.83. The lowest BCUT2D eigenvalue weighted by Crippen LogP contribution is -2.13. The number of aryl methyl sites for hydroxylation is 1. The standard InChI is InChI=1S/C15H9F5N4OS/c1-24-4-7(12(23-24)13(19)20)15-22-10(5-26-15)14(25)21-6-2-8(16)11(18)9(17)3-6/h2-5,13H,1H3,(H,21,25). The van der Waals surface area contributed by atoms with Crippen molar-refractivity contribution < 1.29 is 26.7 Å². The number of amides is 1. The molecular weight excluding hydrogens is 379 g/mol. The Balaban J connectivity index is 1.85. The van der Waals surface area contributed by atoms with Crippen molar-refractivity contribution in [1.29, 1.82) is 0 Å². The van der Waals surface area contributed by atoms with E-state index in [1.54, 1.807) is 0 Å². The van der Waals surface area contributed by atoms with Gasteiger partial charge in [0.15, 0.2) is 17.5 Å². The molecule has 1 amide bonds. The summed E-state index contributed by atoms with van der Waals surface area (Å²) < 4.78 is 66.5. The number of rotatable bonds is 4. The Morgan fingerprint density at radius 1 is 1.23 bits per heavy atom. The molecule has 11 heteroatoms. The summed E-state index contributed by atoms with van der Waals surface area (Å²) in [6.45, 7) is 0. The van der Waals surface area contributed by atoms with Crippen LogP contribution in [0.15, 0.2) is 23.7 Å². The van der Waals surface area contributed by atoms with Gasteiger partial charge in [-0.25, -0.2) is 26.9 Å². The van der Waals surface area contributed by atoms with Crippen LogP contribution in [0.1, 0.15) is 22.6 Å². The number of nitrogens with zero attached hydrogens (tertiary/aromatic N) is 3. The fourth-order valence-corrected chi connectivity index (χ4v) is 2.97. The van der Waals surface area contributed by atoms with Gasteiger partial charge in [0.1, 0.15) is 16.4 Å². The molecule has 0 radical (unpaired) electrons. The van der Waals surface area contributed by atoms with Crippen molar-refractivity contribution in [2.24, 2.45) is 7.05 Å². The molecule has 2 heterocycles. The van der Waals surface area contributed by atoms with Crippen molar-refractivity contribution in [2.75, 3.05) is 5.32 Å². The molecule has 0 unspecified atom stereocenters. The molecule has 1 N–H and O–H groups in total. The fourth-order valence-electron chi connectivity index (χ4n) is 2.16. The highest BCUT2D eigenvalue weighted by atomic mass is 32.1. The Morgan fingerprint density at radius 3 is 2.50 bits per heavy atom. The Labute approximate surface area is 147 Å². The van der Waals surface area contributed by atoms with E-state index >= 15 is 0 Å². The minimum atomic E-state index is -2.82. The van der Waals surface area contributed by atoms with E-state index < -0.39 is 35.5 Å². The molecule has 0 spiro atoms. The monoisotopic (exact) mass is 388 g/mol. The van der Waals surface area contributed by atoms with Gasteiger partial charge in [0.05, 0.1) is 5.56 Å². The van der Waals surface area contributed by atoms with Crippen LogP contribution in [0.3, 0.4) is 0 Å². The number of aromatic nitrogens is 3. The molecule has 5 nitrogen and oxygen atoms in total. The molecule has 0 atom stereocenters. The maximum absolute atomic E-state index is 13.2. The number of alkyl halides is 2. The Kier molecular flexibility index (Phi) is 4.72. The van der Waals surface area contributed by atoms with Gasteiger partial charge in [0.25, 0.3) is 12.3 Å². The first-order valence-electron chi connectivity index (χ1n) is 6.99. The van der Waals surface area contributed by atoms with Crippen molar-refractivity contribution >= 4 is 22.9 Å². The van der Waals surface area contributed by atoms with Crippen molar-refractivity contribution in [1.82, 2.24) is 14.8 Å². The molecule has 0 saturated heterocycles. The second-order valence-corrected chi connectivity index (χ2v) is 6.01. The van der Waals surface area contributed by atoms with E-state index in [4.69, 9.17) is 0 Å². The van der Waals surface area contributed by atoms with E-state index in [1.807, 2.05) is 0 Å². The summed E-state index contributed by atoms with van der Waals surface area (Å²) >= 11 is 0.928. The lowest BCUT2D eigenvalue weighted by Gasteiger charge is -2.04. The summed E-state index contributed by atoms with van der Waals surface area (Å²) in [4.78, 5) is 16.1. The molecule has 0 fully saturated rings. The van der Waals surface area contributed by atoms with E-state index in [9.17, 15) is 26.7 Å². The van der Waals surface area contributed by atoms with Crippen LogP contribution in [-0.2, 0) is 7.05 Å². The highest BCUT2D eigenvalue weighted by Crippen LogP contribution is 2.32. The molecule has 0 aliphatic rings. The summed E-state index contributed by atoms with van der Waals surface area (Å²) in [6, 6.07) is 1.22. The van der Waals surface area contributed by atoms with Crippen molar-refractivity contribution in [3.8, 4) is 10.6 Å². The number of anilines is 1. The second-order valence-electron chi connectivity index (χ2n) is 5.15. The van der Waals surface area contributed by atoms with Gasteiger partial charge in [-0.15, -0.1) is 11.3 Å². The number of carbonyl (C=O) groups excluding carboxylic acids is 1. The van der Waals surface area contributed by atoms with Gasteiger partial charge in [-0.1, -0.05) is 0 Å². The summed E-state index contributed by atoms with van der Waals surface area (Å²) in [7, 11) is 1.47. The van der Waals surface area contributed by atoms with Crippen LogP contribution in [-0.4, -0.2) is 20.7 Å². The van der Waals surface area contributed by atoms with Crippen LogP contribution in [0.25, 0.3) is 10.6 Å². The first kappa shape index (κ1) is 18.0. The topological polar surface area (TPSA) is 59.8 Å². The van der Waals surface area contributed by atoms with Gasteiger partial charge in [-0.05, 0) is 0 Å². The predicted molar refractivity (Wildman–Crippen MR) is 83.5 cm³/mol. The first-order chi connectivity index (χ1) is 12.3. The maximum atomic E-state index is 13.2.